The number of hydrogen-bond donors (Lipinski definition) is 0. The molecule has 0 radical (unpaired) electrons. The molecule has 0 spiro atoms. The monoisotopic (exact) mass is 355 g/mol. The van der Waals surface area contributed by atoms with Crippen molar-refractivity contribution in [3.8, 4) is 0 Å². The van der Waals surface area contributed by atoms with E-state index in [2.05, 4.69) is 0 Å². The van der Waals surface area contributed by atoms with Crippen LogP contribution in [0.2, 0.25) is 0 Å². The Morgan fingerprint density at radius 3 is 2.69 bits per heavy atom. The van der Waals surface area contributed by atoms with Gasteiger partial charge in [0.2, 0.25) is 0 Å². The van der Waals surface area contributed by atoms with E-state index in [1.807, 2.05) is 36.4 Å². The fraction of sp³-hybridized carbons (Fsp3) is 0.286. The summed E-state index contributed by atoms with van der Waals surface area (Å²) in [5, 5.41) is 0. The zero-order chi connectivity index (χ0) is 18.1. The Balaban J connectivity index is 1.50. The van der Waals surface area contributed by atoms with Gasteiger partial charge in [-0.1, -0.05) is 36.4 Å². The van der Waals surface area contributed by atoms with Gasteiger partial charge in [-0.05, 0) is 48.6 Å². The second kappa shape index (κ2) is 6.90. The summed E-state index contributed by atoms with van der Waals surface area (Å²) in [5.74, 6) is -0.892. The van der Waals surface area contributed by atoms with E-state index in [-0.39, 0.29) is 24.8 Å². The molecule has 2 aromatic rings. The molecule has 1 fully saturated rings. The molecule has 134 valence electrons. The lowest BCUT2D eigenvalue weighted by atomic mass is 9.94. The van der Waals surface area contributed by atoms with Crippen molar-refractivity contribution in [3.63, 3.8) is 0 Å². The van der Waals surface area contributed by atoms with Gasteiger partial charge in [-0.2, -0.15) is 0 Å². The van der Waals surface area contributed by atoms with Crippen LogP contribution in [0.25, 0.3) is 5.57 Å². The van der Waals surface area contributed by atoms with E-state index in [1.54, 1.807) is 4.90 Å². The van der Waals surface area contributed by atoms with E-state index < -0.39 is 11.6 Å². The van der Waals surface area contributed by atoms with Gasteiger partial charge in [-0.25, -0.2) is 13.6 Å². The van der Waals surface area contributed by atoms with E-state index in [9.17, 15) is 13.6 Å². The number of carbonyl (C=O) groups is 1. The van der Waals surface area contributed by atoms with E-state index in [0.29, 0.717) is 12.0 Å². The van der Waals surface area contributed by atoms with Crippen molar-refractivity contribution in [2.75, 3.05) is 0 Å². The van der Waals surface area contributed by atoms with Crippen LogP contribution in [-0.2, 0) is 11.3 Å². The minimum atomic E-state index is -0.459. The first-order chi connectivity index (χ1) is 12.6. The predicted octanol–water partition coefficient (Wildman–Crippen LogP) is 4.92. The minimum absolute atomic E-state index is 0.0362. The molecule has 4 rings (SSSR count). The van der Waals surface area contributed by atoms with Crippen molar-refractivity contribution >= 4 is 11.7 Å². The third-order valence-electron chi connectivity index (χ3n) is 5.09. The molecule has 5 heteroatoms. The highest BCUT2D eigenvalue weighted by atomic mass is 19.1. The fourth-order valence-electron chi connectivity index (χ4n) is 3.85. The van der Waals surface area contributed by atoms with Crippen LogP contribution >= 0.6 is 0 Å². The summed E-state index contributed by atoms with van der Waals surface area (Å²) in [6.45, 7) is 0.227. The molecule has 2 unspecified atom stereocenters. The molecule has 1 saturated heterocycles. The first-order valence-electron chi connectivity index (χ1n) is 8.77. The van der Waals surface area contributed by atoms with Crippen LogP contribution in [-0.4, -0.2) is 23.1 Å². The van der Waals surface area contributed by atoms with Crippen LogP contribution in [0.15, 0.2) is 54.6 Å². The SMILES string of the molecule is O=C(OCc1ccccc1)N1C2C=C(c3cc(F)ccc3F)CC1CC2. The zero-order valence-corrected chi connectivity index (χ0v) is 14.2. The number of ether oxygens (including phenoxy) is 1. The Morgan fingerprint density at radius 2 is 1.92 bits per heavy atom. The largest absolute Gasteiger partial charge is 0.445 e. The van der Waals surface area contributed by atoms with Crippen molar-refractivity contribution in [2.45, 2.75) is 38.0 Å². The van der Waals surface area contributed by atoms with Crippen molar-refractivity contribution < 1.29 is 18.3 Å². The van der Waals surface area contributed by atoms with Crippen LogP contribution in [0.5, 0.6) is 0 Å². The number of fused-ring (bicyclic) bond motifs is 2. The lowest BCUT2D eigenvalue weighted by Gasteiger charge is -2.33. The number of nitrogens with zero attached hydrogens (tertiary/aromatic N) is 1. The second-order valence-corrected chi connectivity index (χ2v) is 6.77. The smallest absolute Gasteiger partial charge is 0.410 e. The number of benzene rings is 2. The number of rotatable bonds is 3. The lowest BCUT2D eigenvalue weighted by Crippen LogP contribution is -2.43. The van der Waals surface area contributed by atoms with Gasteiger partial charge in [0.15, 0.2) is 0 Å². The molecule has 0 saturated carbocycles. The van der Waals surface area contributed by atoms with E-state index >= 15 is 0 Å². The molecule has 2 bridgehead atoms. The summed E-state index contributed by atoms with van der Waals surface area (Å²) in [6.07, 6.45) is 3.69. The van der Waals surface area contributed by atoms with Crippen LogP contribution in [0, 0.1) is 11.6 Å². The normalized spacial score (nSPS) is 21.5. The molecule has 1 amide bonds. The van der Waals surface area contributed by atoms with E-state index in [4.69, 9.17) is 4.74 Å². The maximum atomic E-state index is 14.1. The van der Waals surface area contributed by atoms with E-state index in [0.717, 1.165) is 36.1 Å². The maximum absolute atomic E-state index is 14.1. The molecule has 2 aromatic carbocycles. The topological polar surface area (TPSA) is 29.5 Å². The minimum Gasteiger partial charge on any atom is -0.445 e. The Bertz CT molecular complexity index is 850. The van der Waals surface area contributed by atoms with Gasteiger partial charge in [0.25, 0.3) is 0 Å². The van der Waals surface area contributed by atoms with Gasteiger partial charge in [-0.3, -0.25) is 4.90 Å². The number of hydrogen-bond acceptors (Lipinski definition) is 2. The number of amides is 1. The first kappa shape index (κ1) is 16.8. The molecular weight excluding hydrogens is 336 g/mol. The molecule has 2 atom stereocenters. The molecule has 0 aliphatic carbocycles. The Hall–Kier alpha value is -2.69. The van der Waals surface area contributed by atoms with Gasteiger partial charge in [-0.15, -0.1) is 0 Å². The molecule has 0 aromatic heterocycles. The van der Waals surface area contributed by atoms with Crippen LogP contribution < -0.4 is 0 Å². The Labute approximate surface area is 150 Å². The average molecular weight is 355 g/mol. The highest BCUT2D eigenvalue weighted by molar-refractivity contribution is 5.75. The third-order valence-corrected chi connectivity index (χ3v) is 5.09. The van der Waals surface area contributed by atoms with Crippen molar-refractivity contribution in [1.82, 2.24) is 4.90 Å². The van der Waals surface area contributed by atoms with Gasteiger partial charge in [0, 0.05) is 11.6 Å². The number of carbonyl (C=O) groups excluding carboxylic acids is 1. The highest BCUT2D eigenvalue weighted by Gasteiger charge is 2.41. The van der Waals surface area contributed by atoms with Crippen molar-refractivity contribution in [3.05, 3.63) is 77.4 Å². The molecule has 2 aliphatic heterocycles. The summed E-state index contributed by atoms with van der Waals surface area (Å²) in [7, 11) is 0. The van der Waals surface area contributed by atoms with E-state index in [1.165, 1.54) is 6.07 Å². The van der Waals surface area contributed by atoms with Crippen LogP contribution in [0.1, 0.15) is 30.4 Å². The molecule has 2 aliphatic rings. The fourth-order valence-corrected chi connectivity index (χ4v) is 3.85. The van der Waals surface area contributed by atoms with Crippen LogP contribution in [0.4, 0.5) is 13.6 Å². The van der Waals surface area contributed by atoms with Crippen molar-refractivity contribution in [2.24, 2.45) is 0 Å². The predicted molar refractivity (Wildman–Crippen MR) is 94.2 cm³/mol. The molecule has 0 N–H and O–H groups in total. The van der Waals surface area contributed by atoms with Gasteiger partial charge in [0.05, 0.1) is 6.04 Å². The standard InChI is InChI=1S/C21H19F2NO2/c22-16-6-9-20(23)19(12-16)15-10-17-7-8-18(11-15)24(17)21(25)26-13-14-4-2-1-3-5-14/h1-6,9-10,12,17-18H,7-8,11,13H2. The quantitative estimate of drug-likeness (QED) is 0.782. The highest BCUT2D eigenvalue weighted by Crippen LogP contribution is 2.39. The van der Waals surface area contributed by atoms with Gasteiger partial charge in [0.1, 0.15) is 18.2 Å². The number of halogens is 2. The molecule has 3 nitrogen and oxygen atoms in total. The summed E-state index contributed by atoms with van der Waals surface area (Å²) >= 11 is 0. The Kier molecular flexibility index (Phi) is 4.45. The van der Waals surface area contributed by atoms with Gasteiger partial charge < -0.3 is 4.74 Å². The average Bonchev–Trinajstić information content (AvgIpc) is 2.92. The maximum Gasteiger partial charge on any atom is 0.410 e. The van der Waals surface area contributed by atoms with Crippen LogP contribution in [0.3, 0.4) is 0 Å². The Morgan fingerprint density at radius 1 is 1.12 bits per heavy atom. The zero-order valence-electron chi connectivity index (χ0n) is 14.2. The summed E-state index contributed by atoms with van der Waals surface area (Å²) in [5.41, 5.74) is 1.99. The van der Waals surface area contributed by atoms with Gasteiger partial charge >= 0.3 is 6.09 Å². The summed E-state index contributed by atoms with van der Waals surface area (Å²) in [6, 6.07) is 12.8. The lowest BCUT2D eigenvalue weighted by molar-refractivity contribution is 0.0832. The summed E-state index contributed by atoms with van der Waals surface area (Å²) in [4.78, 5) is 14.3. The third kappa shape index (κ3) is 3.21. The molecular formula is C21H19F2NO2. The molecule has 26 heavy (non-hydrogen) atoms. The van der Waals surface area contributed by atoms with Crippen molar-refractivity contribution in [1.29, 1.82) is 0 Å². The summed E-state index contributed by atoms with van der Waals surface area (Å²) < 4.78 is 33.0. The molecule has 2 heterocycles. The first-order valence-corrected chi connectivity index (χ1v) is 8.77. The second-order valence-electron chi connectivity index (χ2n) is 6.77.